The van der Waals surface area contributed by atoms with Crippen molar-refractivity contribution in [3.05, 3.63) is 64.2 Å². The van der Waals surface area contributed by atoms with E-state index in [1.165, 1.54) is 0 Å². The van der Waals surface area contributed by atoms with Gasteiger partial charge in [-0.15, -0.1) is 0 Å². The van der Waals surface area contributed by atoms with E-state index < -0.39 is 0 Å². The van der Waals surface area contributed by atoms with Crippen molar-refractivity contribution in [1.29, 1.82) is 0 Å². The molecule has 2 amide bonds. The molecule has 5 nitrogen and oxygen atoms in total. The standard InChI is InChI=1S/C21H24ClN3O2/c1-15-2-3-16(12-19(15)22)6-9-20(26)24-13-17-4-7-18(8-5-17)25-11-10-23-21(27)14-25/h2-5,7-8,12H,6,9-11,13-14H2,1H3,(H,23,27)(H,24,26). The second-order valence-corrected chi connectivity index (χ2v) is 7.21. The summed E-state index contributed by atoms with van der Waals surface area (Å²) in [4.78, 5) is 25.6. The Labute approximate surface area is 164 Å². The Morgan fingerprint density at radius 2 is 1.93 bits per heavy atom. The monoisotopic (exact) mass is 385 g/mol. The van der Waals surface area contributed by atoms with Crippen LogP contribution >= 0.6 is 11.6 Å². The SMILES string of the molecule is Cc1ccc(CCC(=O)NCc2ccc(N3CCNC(=O)C3)cc2)cc1Cl. The summed E-state index contributed by atoms with van der Waals surface area (Å²) < 4.78 is 0. The van der Waals surface area contributed by atoms with Gasteiger partial charge in [0.05, 0.1) is 6.54 Å². The normalized spacial score (nSPS) is 14.0. The summed E-state index contributed by atoms with van der Waals surface area (Å²) in [5.41, 5.74) is 4.16. The van der Waals surface area contributed by atoms with Crippen LogP contribution in [0.2, 0.25) is 5.02 Å². The molecule has 142 valence electrons. The van der Waals surface area contributed by atoms with Gasteiger partial charge in [-0.1, -0.05) is 35.9 Å². The Morgan fingerprint density at radius 3 is 2.63 bits per heavy atom. The van der Waals surface area contributed by atoms with Gasteiger partial charge >= 0.3 is 0 Å². The molecule has 1 heterocycles. The first kappa shape index (κ1) is 19.2. The molecule has 0 atom stereocenters. The fraction of sp³-hybridized carbons (Fsp3) is 0.333. The highest BCUT2D eigenvalue weighted by molar-refractivity contribution is 6.31. The third kappa shape index (κ3) is 5.47. The van der Waals surface area contributed by atoms with Crippen molar-refractivity contribution in [3.8, 4) is 0 Å². The van der Waals surface area contributed by atoms with E-state index in [1.54, 1.807) is 0 Å². The van der Waals surface area contributed by atoms with Gasteiger partial charge in [-0.2, -0.15) is 0 Å². The number of aryl methyl sites for hydroxylation is 2. The lowest BCUT2D eigenvalue weighted by Gasteiger charge is -2.28. The maximum atomic E-state index is 12.1. The number of nitrogens with zero attached hydrogens (tertiary/aromatic N) is 1. The predicted octanol–water partition coefficient (Wildman–Crippen LogP) is 2.83. The zero-order valence-electron chi connectivity index (χ0n) is 15.4. The molecular weight excluding hydrogens is 362 g/mol. The molecule has 0 unspecified atom stereocenters. The lowest BCUT2D eigenvalue weighted by Crippen LogP contribution is -2.47. The Hall–Kier alpha value is -2.53. The number of piperazine rings is 1. The highest BCUT2D eigenvalue weighted by Gasteiger charge is 2.16. The van der Waals surface area contributed by atoms with Gasteiger partial charge in [0, 0.05) is 36.8 Å². The van der Waals surface area contributed by atoms with Crippen LogP contribution in [0.4, 0.5) is 5.69 Å². The Morgan fingerprint density at radius 1 is 1.19 bits per heavy atom. The number of carbonyl (C=O) groups is 2. The molecule has 27 heavy (non-hydrogen) atoms. The summed E-state index contributed by atoms with van der Waals surface area (Å²) in [5.74, 6) is 0.0657. The molecule has 1 aliphatic heterocycles. The van der Waals surface area contributed by atoms with E-state index in [-0.39, 0.29) is 11.8 Å². The molecule has 6 heteroatoms. The van der Waals surface area contributed by atoms with E-state index in [0.29, 0.717) is 32.5 Å². The number of amides is 2. The van der Waals surface area contributed by atoms with E-state index in [2.05, 4.69) is 10.6 Å². The lowest BCUT2D eigenvalue weighted by atomic mass is 10.1. The fourth-order valence-electron chi connectivity index (χ4n) is 3.02. The Balaban J connectivity index is 1.45. The summed E-state index contributed by atoms with van der Waals surface area (Å²) in [7, 11) is 0. The third-order valence-corrected chi connectivity index (χ3v) is 5.11. The van der Waals surface area contributed by atoms with Crippen molar-refractivity contribution in [2.24, 2.45) is 0 Å². The van der Waals surface area contributed by atoms with Crippen LogP contribution in [0.25, 0.3) is 0 Å². The van der Waals surface area contributed by atoms with Crippen LogP contribution < -0.4 is 15.5 Å². The second kappa shape index (κ2) is 8.91. The number of hydrogen-bond donors (Lipinski definition) is 2. The largest absolute Gasteiger partial charge is 0.360 e. The van der Waals surface area contributed by atoms with Gasteiger partial charge in [0.25, 0.3) is 0 Å². The molecule has 1 fully saturated rings. The summed E-state index contributed by atoms with van der Waals surface area (Å²) >= 11 is 6.12. The van der Waals surface area contributed by atoms with Crippen LogP contribution in [0.5, 0.6) is 0 Å². The highest BCUT2D eigenvalue weighted by atomic mass is 35.5. The zero-order valence-corrected chi connectivity index (χ0v) is 16.2. The summed E-state index contributed by atoms with van der Waals surface area (Å²) in [6.07, 6.45) is 1.10. The predicted molar refractivity (Wildman–Crippen MR) is 108 cm³/mol. The topological polar surface area (TPSA) is 61.4 Å². The first-order valence-electron chi connectivity index (χ1n) is 9.13. The van der Waals surface area contributed by atoms with Crippen molar-refractivity contribution >= 4 is 29.1 Å². The molecule has 0 bridgehead atoms. The number of halogens is 1. The minimum absolute atomic E-state index is 0.0171. The molecular formula is C21H24ClN3O2. The first-order valence-corrected chi connectivity index (χ1v) is 9.51. The summed E-state index contributed by atoms with van der Waals surface area (Å²) in [6.45, 7) is 4.32. The van der Waals surface area contributed by atoms with Crippen LogP contribution in [0.1, 0.15) is 23.1 Å². The molecule has 2 aromatic carbocycles. The second-order valence-electron chi connectivity index (χ2n) is 6.80. The van der Waals surface area contributed by atoms with Gasteiger partial charge < -0.3 is 15.5 Å². The minimum Gasteiger partial charge on any atom is -0.360 e. The average molecular weight is 386 g/mol. The van der Waals surface area contributed by atoms with E-state index in [0.717, 1.165) is 33.9 Å². The average Bonchev–Trinajstić information content (AvgIpc) is 2.67. The molecule has 1 aliphatic rings. The maximum Gasteiger partial charge on any atom is 0.239 e. The van der Waals surface area contributed by atoms with Gasteiger partial charge in [-0.3, -0.25) is 9.59 Å². The molecule has 0 aromatic heterocycles. The van der Waals surface area contributed by atoms with Crippen LogP contribution in [-0.2, 0) is 22.6 Å². The summed E-state index contributed by atoms with van der Waals surface area (Å²) in [6, 6.07) is 13.9. The summed E-state index contributed by atoms with van der Waals surface area (Å²) in [5, 5.41) is 6.51. The Bertz CT molecular complexity index is 821. The number of benzene rings is 2. The van der Waals surface area contributed by atoms with Crippen molar-refractivity contribution < 1.29 is 9.59 Å². The van der Waals surface area contributed by atoms with E-state index in [1.807, 2.05) is 54.3 Å². The zero-order chi connectivity index (χ0) is 19.2. The first-order chi connectivity index (χ1) is 13.0. The van der Waals surface area contributed by atoms with Gasteiger partial charge in [0.2, 0.25) is 11.8 Å². The highest BCUT2D eigenvalue weighted by Crippen LogP contribution is 2.18. The van der Waals surface area contributed by atoms with Crippen molar-refractivity contribution in [1.82, 2.24) is 10.6 Å². The van der Waals surface area contributed by atoms with Gasteiger partial charge in [0.1, 0.15) is 0 Å². The maximum absolute atomic E-state index is 12.1. The lowest BCUT2D eigenvalue weighted by molar-refractivity contribution is -0.121. The van der Waals surface area contributed by atoms with Crippen molar-refractivity contribution in [2.45, 2.75) is 26.3 Å². The molecule has 1 saturated heterocycles. The Kier molecular flexibility index (Phi) is 6.35. The molecule has 2 N–H and O–H groups in total. The molecule has 3 rings (SSSR count). The minimum atomic E-state index is 0.0171. The number of carbonyl (C=O) groups excluding carboxylic acids is 2. The van der Waals surface area contributed by atoms with Crippen LogP contribution in [0.15, 0.2) is 42.5 Å². The molecule has 0 spiro atoms. The number of nitrogens with one attached hydrogen (secondary N) is 2. The molecule has 0 aliphatic carbocycles. The molecule has 0 radical (unpaired) electrons. The fourth-order valence-corrected chi connectivity index (χ4v) is 3.23. The molecule has 0 saturated carbocycles. The van der Waals surface area contributed by atoms with Crippen LogP contribution in [0.3, 0.4) is 0 Å². The number of rotatable bonds is 6. The number of hydrogen-bond acceptors (Lipinski definition) is 3. The van der Waals surface area contributed by atoms with Gasteiger partial charge in [-0.05, 0) is 48.2 Å². The smallest absolute Gasteiger partial charge is 0.239 e. The van der Waals surface area contributed by atoms with Crippen molar-refractivity contribution in [2.75, 3.05) is 24.5 Å². The van der Waals surface area contributed by atoms with E-state index >= 15 is 0 Å². The third-order valence-electron chi connectivity index (χ3n) is 4.71. The molecule has 2 aromatic rings. The quantitative estimate of drug-likeness (QED) is 0.803. The van der Waals surface area contributed by atoms with Crippen LogP contribution in [-0.4, -0.2) is 31.4 Å². The van der Waals surface area contributed by atoms with Crippen LogP contribution in [0, 0.1) is 6.92 Å². The van der Waals surface area contributed by atoms with Crippen molar-refractivity contribution in [3.63, 3.8) is 0 Å². The van der Waals surface area contributed by atoms with Gasteiger partial charge in [0.15, 0.2) is 0 Å². The van der Waals surface area contributed by atoms with Gasteiger partial charge in [-0.25, -0.2) is 0 Å². The number of anilines is 1. The van der Waals surface area contributed by atoms with E-state index in [4.69, 9.17) is 11.6 Å². The van der Waals surface area contributed by atoms with E-state index in [9.17, 15) is 9.59 Å².